The molecular weight excluding hydrogens is 398 g/mol. The van der Waals surface area contributed by atoms with Crippen LogP contribution in [0.25, 0.3) is 11.3 Å². The van der Waals surface area contributed by atoms with Crippen LogP contribution < -0.4 is 9.64 Å². The molecule has 156 valence electrons. The number of fused-ring (bicyclic) bond motifs is 3. The molecule has 2 aliphatic heterocycles. The largest absolute Gasteiger partial charge is 0.497 e. The third kappa shape index (κ3) is 2.84. The van der Waals surface area contributed by atoms with Crippen molar-refractivity contribution < 1.29 is 4.74 Å². The van der Waals surface area contributed by atoms with Crippen LogP contribution >= 0.6 is 0 Å². The van der Waals surface area contributed by atoms with E-state index < -0.39 is 0 Å². The van der Waals surface area contributed by atoms with Gasteiger partial charge in [-0.3, -0.25) is 4.57 Å². The van der Waals surface area contributed by atoms with E-state index >= 15 is 0 Å². The van der Waals surface area contributed by atoms with Crippen LogP contribution in [0.4, 0.5) is 5.69 Å². The van der Waals surface area contributed by atoms with Crippen LogP contribution in [0.15, 0.2) is 96.2 Å². The van der Waals surface area contributed by atoms with Gasteiger partial charge in [0.1, 0.15) is 24.1 Å². The quantitative estimate of drug-likeness (QED) is 0.482. The molecule has 2 aliphatic rings. The van der Waals surface area contributed by atoms with E-state index in [-0.39, 0.29) is 12.1 Å². The predicted octanol–water partition coefficient (Wildman–Crippen LogP) is 4.68. The maximum atomic E-state index is 5.39. The lowest BCUT2D eigenvalue weighted by atomic mass is 9.89. The Balaban J connectivity index is 1.65. The second kappa shape index (κ2) is 7.50. The summed E-state index contributed by atoms with van der Waals surface area (Å²) < 4.78 is 7.32. The summed E-state index contributed by atoms with van der Waals surface area (Å²) in [4.78, 5) is 7.28. The van der Waals surface area contributed by atoms with Gasteiger partial charge in [-0.05, 0) is 41.0 Å². The fraction of sp³-hybridized carbons (Fsp3) is 0.115. The van der Waals surface area contributed by atoms with Gasteiger partial charge < -0.3 is 9.64 Å². The minimum Gasteiger partial charge on any atom is -0.497 e. The lowest BCUT2D eigenvalue weighted by Crippen LogP contribution is -2.35. The first-order chi connectivity index (χ1) is 15.8. The van der Waals surface area contributed by atoms with E-state index in [1.54, 1.807) is 13.4 Å². The number of aliphatic imine (C=N–C) groups is 1. The molecule has 6 rings (SSSR count). The molecule has 0 N–H and O–H groups in total. The summed E-state index contributed by atoms with van der Waals surface area (Å²) >= 11 is 0. The van der Waals surface area contributed by atoms with Crippen LogP contribution in [-0.2, 0) is 0 Å². The summed E-state index contributed by atoms with van der Waals surface area (Å²) in [7, 11) is 1.68. The van der Waals surface area contributed by atoms with Crippen molar-refractivity contribution in [1.82, 2.24) is 14.8 Å². The number of nitrogens with zero attached hydrogens (tertiary/aromatic N) is 5. The number of anilines is 1. The molecule has 3 aromatic carbocycles. The van der Waals surface area contributed by atoms with Crippen molar-refractivity contribution in [3.05, 3.63) is 108 Å². The molecule has 0 saturated carbocycles. The molecule has 6 heteroatoms. The standard InChI is InChI=1S/C26H21N5O/c1-32-21-14-12-20(13-15-21)31-24(19-10-6-3-7-11-19)22(18-8-4-2-5-9-18)23-25(31)27-16-30-17-28-29-26(23)30/h2-17,23,25H,1H3. The molecule has 0 spiro atoms. The summed E-state index contributed by atoms with van der Waals surface area (Å²) in [6.45, 7) is 0. The van der Waals surface area contributed by atoms with Gasteiger partial charge in [0.15, 0.2) is 0 Å². The highest BCUT2D eigenvalue weighted by Crippen LogP contribution is 2.52. The Bertz CT molecular complexity index is 1310. The van der Waals surface area contributed by atoms with E-state index in [0.29, 0.717) is 0 Å². The smallest absolute Gasteiger partial charge is 0.149 e. The summed E-state index contributed by atoms with van der Waals surface area (Å²) in [5, 5.41) is 8.67. The van der Waals surface area contributed by atoms with Gasteiger partial charge in [-0.25, -0.2) is 4.99 Å². The van der Waals surface area contributed by atoms with Gasteiger partial charge in [-0.2, -0.15) is 0 Å². The topological polar surface area (TPSA) is 55.5 Å². The monoisotopic (exact) mass is 419 g/mol. The van der Waals surface area contributed by atoms with Gasteiger partial charge >= 0.3 is 0 Å². The third-order valence-electron chi connectivity index (χ3n) is 6.08. The third-order valence-corrected chi connectivity index (χ3v) is 6.08. The Hall–Kier alpha value is -4.19. The lowest BCUT2D eigenvalue weighted by molar-refractivity contribution is 0.415. The van der Waals surface area contributed by atoms with Crippen LogP contribution in [0.2, 0.25) is 0 Å². The normalized spacial score (nSPS) is 19.1. The molecule has 0 amide bonds. The van der Waals surface area contributed by atoms with Gasteiger partial charge in [-0.1, -0.05) is 60.7 Å². The van der Waals surface area contributed by atoms with E-state index in [9.17, 15) is 0 Å². The van der Waals surface area contributed by atoms with Gasteiger partial charge in [0.25, 0.3) is 0 Å². The van der Waals surface area contributed by atoms with Crippen molar-refractivity contribution in [2.45, 2.75) is 12.1 Å². The van der Waals surface area contributed by atoms with Crippen LogP contribution in [-0.4, -0.2) is 34.4 Å². The molecule has 1 aromatic heterocycles. The van der Waals surface area contributed by atoms with E-state index in [1.165, 1.54) is 5.57 Å². The summed E-state index contributed by atoms with van der Waals surface area (Å²) in [5.41, 5.74) is 5.67. The highest BCUT2D eigenvalue weighted by molar-refractivity contribution is 6.04. The van der Waals surface area contributed by atoms with Crippen molar-refractivity contribution in [2.24, 2.45) is 4.99 Å². The molecule has 32 heavy (non-hydrogen) atoms. The zero-order chi connectivity index (χ0) is 21.5. The highest BCUT2D eigenvalue weighted by Gasteiger charge is 2.46. The van der Waals surface area contributed by atoms with Crippen molar-refractivity contribution in [3.63, 3.8) is 0 Å². The number of methoxy groups -OCH3 is 1. The predicted molar refractivity (Wildman–Crippen MR) is 126 cm³/mol. The maximum absolute atomic E-state index is 5.39. The first kappa shape index (κ1) is 18.6. The minimum absolute atomic E-state index is 0.0535. The molecule has 0 fully saturated rings. The van der Waals surface area contributed by atoms with Crippen LogP contribution in [0.1, 0.15) is 22.9 Å². The first-order valence-corrected chi connectivity index (χ1v) is 10.6. The fourth-order valence-electron chi connectivity index (χ4n) is 4.68. The van der Waals surface area contributed by atoms with Gasteiger partial charge in [0.05, 0.1) is 25.1 Å². The zero-order valence-corrected chi connectivity index (χ0v) is 17.5. The first-order valence-electron chi connectivity index (χ1n) is 10.6. The van der Waals surface area contributed by atoms with Crippen LogP contribution in [0.3, 0.4) is 0 Å². The van der Waals surface area contributed by atoms with Crippen molar-refractivity contribution in [3.8, 4) is 5.75 Å². The number of rotatable bonds is 4. The van der Waals surface area contributed by atoms with Gasteiger partial charge in [0.2, 0.25) is 0 Å². The molecule has 0 aliphatic carbocycles. The molecular formula is C26H21N5O. The number of ether oxygens (including phenoxy) is 1. The Morgan fingerprint density at radius 3 is 2.19 bits per heavy atom. The average Bonchev–Trinajstić information content (AvgIpc) is 3.47. The number of benzene rings is 3. The van der Waals surface area contributed by atoms with Crippen LogP contribution in [0.5, 0.6) is 5.75 Å². The molecule has 4 aromatic rings. The second-order valence-electron chi connectivity index (χ2n) is 7.81. The highest BCUT2D eigenvalue weighted by atomic mass is 16.5. The minimum atomic E-state index is -0.162. The molecule has 3 heterocycles. The average molecular weight is 419 g/mol. The number of aromatic nitrogens is 3. The van der Waals surface area contributed by atoms with E-state index in [0.717, 1.165) is 34.1 Å². The molecule has 2 unspecified atom stereocenters. The van der Waals surface area contributed by atoms with Gasteiger partial charge in [-0.15, -0.1) is 10.2 Å². The molecule has 0 saturated heterocycles. The van der Waals surface area contributed by atoms with Crippen molar-refractivity contribution >= 4 is 23.3 Å². The van der Waals surface area contributed by atoms with E-state index in [2.05, 4.69) is 75.8 Å². The fourth-order valence-corrected chi connectivity index (χ4v) is 4.68. The Morgan fingerprint density at radius 2 is 1.50 bits per heavy atom. The zero-order valence-electron chi connectivity index (χ0n) is 17.5. The van der Waals surface area contributed by atoms with Gasteiger partial charge in [0, 0.05) is 5.69 Å². The second-order valence-corrected chi connectivity index (χ2v) is 7.81. The van der Waals surface area contributed by atoms with E-state index in [4.69, 9.17) is 9.73 Å². The summed E-state index contributed by atoms with van der Waals surface area (Å²) in [6.07, 6.45) is 3.38. The van der Waals surface area contributed by atoms with Crippen molar-refractivity contribution in [1.29, 1.82) is 0 Å². The van der Waals surface area contributed by atoms with E-state index in [1.807, 2.05) is 35.2 Å². The molecule has 2 atom stereocenters. The Morgan fingerprint density at radius 1 is 0.812 bits per heavy atom. The summed E-state index contributed by atoms with van der Waals surface area (Å²) in [5.74, 6) is 1.67. The summed E-state index contributed by atoms with van der Waals surface area (Å²) in [6, 6.07) is 29.2. The van der Waals surface area contributed by atoms with Crippen molar-refractivity contribution in [2.75, 3.05) is 12.0 Å². The SMILES string of the molecule is COc1ccc(N2C(c3ccccc3)=C(c3ccccc3)C3c4nncn4C=NC32)cc1. The van der Waals surface area contributed by atoms with Crippen LogP contribution in [0, 0.1) is 0 Å². The lowest BCUT2D eigenvalue weighted by Gasteiger charge is -2.31. The number of hydrogen-bond donors (Lipinski definition) is 0. The Kier molecular flexibility index (Phi) is 4.35. The molecule has 6 nitrogen and oxygen atoms in total. The Labute approximate surface area is 186 Å². The molecule has 0 radical (unpaired) electrons. The number of hydrogen-bond acceptors (Lipinski definition) is 5. The maximum Gasteiger partial charge on any atom is 0.149 e. The molecule has 0 bridgehead atoms.